The maximum atomic E-state index is 11.9. The van der Waals surface area contributed by atoms with Gasteiger partial charge >= 0.3 is 6.18 Å². The molecule has 2 nitrogen and oxygen atoms in total. The monoisotopic (exact) mass is 172 g/mol. The molecular weight excluding hydrogens is 169 g/mol. The second kappa shape index (κ2) is 2.81. The number of hydrogen-bond acceptors (Lipinski definition) is 2. The fraction of sp³-hybridized carbons (Fsp3) is 0.143. The minimum atomic E-state index is -4.46. The van der Waals surface area contributed by atoms with Crippen molar-refractivity contribution in [3.8, 4) is 12.3 Å². The maximum absolute atomic E-state index is 11.9. The number of terminal acetylenes is 1. The Morgan fingerprint density at radius 3 is 2.50 bits per heavy atom. The molecule has 1 aromatic heterocycles. The van der Waals surface area contributed by atoms with E-state index in [9.17, 15) is 13.2 Å². The van der Waals surface area contributed by atoms with Crippen molar-refractivity contribution in [1.29, 1.82) is 0 Å². The molecule has 1 aromatic rings. The normalized spacial score (nSPS) is 10.8. The van der Waals surface area contributed by atoms with E-state index in [0.717, 1.165) is 12.4 Å². The predicted octanol–water partition coefficient (Wildman–Crippen LogP) is 1.48. The molecule has 5 heteroatoms. The van der Waals surface area contributed by atoms with Gasteiger partial charge in [-0.05, 0) is 0 Å². The molecule has 0 spiro atoms. The van der Waals surface area contributed by atoms with Crippen molar-refractivity contribution in [2.24, 2.45) is 0 Å². The van der Waals surface area contributed by atoms with Crippen LogP contribution in [0.1, 0.15) is 11.4 Å². The number of alkyl halides is 3. The molecule has 1 heterocycles. The molecule has 12 heavy (non-hydrogen) atoms. The summed E-state index contributed by atoms with van der Waals surface area (Å²) in [6.45, 7) is 0. The van der Waals surface area contributed by atoms with Gasteiger partial charge in [0.2, 0.25) is 0 Å². The van der Waals surface area contributed by atoms with Crippen LogP contribution in [-0.4, -0.2) is 9.97 Å². The fourth-order valence-corrected chi connectivity index (χ4v) is 0.591. The summed E-state index contributed by atoms with van der Waals surface area (Å²) in [5.41, 5.74) is -1.09. The summed E-state index contributed by atoms with van der Waals surface area (Å²) in [6.07, 6.45) is 1.18. The Balaban J connectivity index is 3.13. The van der Waals surface area contributed by atoms with Gasteiger partial charge in [0.1, 0.15) is 17.7 Å². The molecule has 0 aliphatic rings. The summed E-state index contributed by atoms with van der Waals surface area (Å²) in [4.78, 5) is 6.45. The predicted molar refractivity (Wildman–Crippen MR) is 35.0 cm³/mol. The third-order valence-electron chi connectivity index (χ3n) is 1.11. The Bertz CT molecular complexity index is 324. The van der Waals surface area contributed by atoms with E-state index < -0.39 is 11.9 Å². The lowest BCUT2D eigenvalue weighted by atomic mass is 10.3. The van der Waals surface area contributed by atoms with Crippen molar-refractivity contribution in [3.63, 3.8) is 0 Å². The van der Waals surface area contributed by atoms with Gasteiger partial charge in [-0.25, -0.2) is 9.97 Å². The van der Waals surface area contributed by atoms with Crippen LogP contribution in [0.5, 0.6) is 0 Å². The summed E-state index contributed by atoms with van der Waals surface area (Å²) in [7, 11) is 0. The van der Waals surface area contributed by atoms with Gasteiger partial charge in [-0.1, -0.05) is 5.92 Å². The van der Waals surface area contributed by atoms with Gasteiger partial charge in [0.25, 0.3) is 0 Å². The van der Waals surface area contributed by atoms with E-state index in [4.69, 9.17) is 6.42 Å². The molecule has 0 saturated carbocycles. The second-order valence-corrected chi connectivity index (χ2v) is 1.93. The topological polar surface area (TPSA) is 25.8 Å². The smallest absolute Gasteiger partial charge is 0.232 e. The molecule has 0 saturated heterocycles. The molecular formula is C7H3F3N2. The van der Waals surface area contributed by atoms with Crippen LogP contribution in [0.2, 0.25) is 0 Å². The van der Waals surface area contributed by atoms with E-state index >= 15 is 0 Å². The fourth-order valence-electron chi connectivity index (χ4n) is 0.591. The lowest BCUT2D eigenvalue weighted by molar-refractivity contribution is -0.141. The SMILES string of the molecule is C#Cc1cc(C(F)(F)F)ncn1. The highest BCUT2D eigenvalue weighted by molar-refractivity contribution is 5.25. The van der Waals surface area contributed by atoms with Gasteiger partial charge in [0.15, 0.2) is 0 Å². The van der Waals surface area contributed by atoms with Crippen molar-refractivity contribution in [1.82, 2.24) is 9.97 Å². The third kappa shape index (κ3) is 1.72. The maximum Gasteiger partial charge on any atom is 0.433 e. The van der Waals surface area contributed by atoms with Crippen molar-refractivity contribution in [2.75, 3.05) is 0 Å². The number of halogens is 3. The Morgan fingerprint density at radius 2 is 2.00 bits per heavy atom. The molecule has 0 bridgehead atoms. The van der Waals surface area contributed by atoms with Crippen molar-refractivity contribution in [2.45, 2.75) is 6.18 Å². The molecule has 0 atom stereocenters. The number of nitrogens with zero attached hydrogens (tertiary/aromatic N) is 2. The molecule has 62 valence electrons. The minimum Gasteiger partial charge on any atom is -0.232 e. The zero-order valence-electron chi connectivity index (χ0n) is 5.76. The van der Waals surface area contributed by atoms with Crippen LogP contribution in [0.3, 0.4) is 0 Å². The zero-order chi connectivity index (χ0) is 9.19. The van der Waals surface area contributed by atoms with Crippen LogP contribution in [0, 0.1) is 12.3 Å². The highest BCUT2D eigenvalue weighted by Crippen LogP contribution is 2.26. The standard InChI is InChI=1S/C7H3F3N2/c1-2-5-3-6(7(8,9)10)12-4-11-5/h1,3-4H. The first kappa shape index (κ1) is 8.53. The van der Waals surface area contributed by atoms with Gasteiger partial charge in [-0.3, -0.25) is 0 Å². The Hall–Kier alpha value is -1.57. The van der Waals surface area contributed by atoms with Gasteiger partial charge < -0.3 is 0 Å². The van der Waals surface area contributed by atoms with Crippen LogP contribution in [0.25, 0.3) is 0 Å². The Kier molecular flexibility index (Phi) is 2.00. The first-order valence-electron chi connectivity index (χ1n) is 2.90. The second-order valence-electron chi connectivity index (χ2n) is 1.93. The number of hydrogen-bond donors (Lipinski definition) is 0. The highest BCUT2D eigenvalue weighted by atomic mass is 19.4. The molecule has 0 aliphatic heterocycles. The molecule has 0 unspecified atom stereocenters. The van der Waals surface area contributed by atoms with Crippen LogP contribution in [-0.2, 0) is 6.18 Å². The summed E-state index contributed by atoms with van der Waals surface area (Å²) in [6, 6.07) is 0.722. The Labute approximate surface area is 66.5 Å². The molecule has 0 aliphatic carbocycles. The minimum absolute atomic E-state index is 0.0719. The number of aromatic nitrogens is 2. The molecule has 0 radical (unpaired) electrons. The van der Waals surface area contributed by atoms with Crippen LogP contribution >= 0.6 is 0 Å². The van der Waals surface area contributed by atoms with Crippen molar-refractivity contribution >= 4 is 0 Å². The Morgan fingerprint density at radius 1 is 1.33 bits per heavy atom. The van der Waals surface area contributed by atoms with Crippen molar-refractivity contribution < 1.29 is 13.2 Å². The highest BCUT2D eigenvalue weighted by Gasteiger charge is 2.32. The van der Waals surface area contributed by atoms with Crippen molar-refractivity contribution in [3.05, 3.63) is 23.8 Å². The van der Waals surface area contributed by atoms with E-state index in [1.54, 1.807) is 0 Å². The molecule has 0 amide bonds. The molecule has 1 rings (SSSR count). The van der Waals surface area contributed by atoms with E-state index in [0.29, 0.717) is 0 Å². The lowest BCUT2D eigenvalue weighted by Gasteiger charge is -2.03. The van der Waals surface area contributed by atoms with Crippen LogP contribution in [0.15, 0.2) is 12.4 Å². The van der Waals surface area contributed by atoms with Gasteiger partial charge in [-0.15, -0.1) is 6.42 Å². The molecule has 0 N–H and O–H groups in total. The van der Waals surface area contributed by atoms with Gasteiger partial charge in [0, 0.05) is 6.07 Å². The number of rotatable bonds is 0. The van der Waals surface area contributed by atoms with E-state index in [1.807, 2.05) is 5.92 Å². The largest absolute Gasteiger partial charge is 0.433 e. The van der Waals surface area contributed by atoms with E-state index in [2.05, 4.69) is 9.97 Å². The molecule has 0 fully saturated rings. The first-order valence-corrected chi connectivity index (χ1v) is 2.90. The lowest BCUT2D eigenvalue weighted by Crippen LogP contribution is -2.08. The van der Waals surface area contributed by atoms with Crippen LogP contribution in [0.4, 0.5) is 13.2 Å². The first-order chi connectivity index (χ1) is 5.54. The summed E-state index contributed by atoms with van der Waals surface area (Å²) < 4.78 is 35.8. The third-order valence-corrected chi connectivity index (χ3v) is 1.11. The van der Waals surface area contributed by atoms with Crippen LogP contribution < -0.4 is 0 Å². The zero-order valence-corrected chi connectivity index (χ0v) is 5.76. The average Bonchev–Trinajstić information content (AvgIpc) is 2.03. The summed E-state index contributed by atoms with van der Waals surface area (Å²) in [5.74, 6) is 1.99. The van der Waals surface area contributed by atoms with E-state index in [-0.39, 0.29) is 5.69 Å². The average molecular weight is 172 g/mol. The molecule has 0 aromatic carbocycles. The van der Waals surface area contributed by atoms with Gasteiger partial charge in [-0.2, -0.15) is 13.2 Å². The summed E-state index contributed by atoms with van der Waals surface area (Å²) >= 11 is 0. The van der Waals surface area contributed by atoms with E-state index in [1.165, 1.54) is 0 Å². The van der Waals surface area contributed by atoms with Gasteiger partial charge in [0.05, 0.1) is 0 Å². The summed E-state index contributed by atoms with van der Waals surface area (Å²) in [5, 5.41) is 0. The quantitative estimate of drug-likeness (QED) is 0.554.